The molecule has 0 saturated carbocycles. The maximum atomic E-state index is 13.1. The van der Waals surface area contributed by atoms with Crippen molar-refractivity contribution in [3.05, 3.63) is 34.9 Å². The van der Waals surface area contributed by atoms with Gasteiger partial charge in [-0.2, -0.15) is 0 Å². The molecular formula is C20H22N4O4. The highest BCUT2D eigenvalue weighted by atomic mass is 16.2. The largest absolute Gasteiger partial charge is 0.310 e. The first kappa shape index (κ1) is 17.5. The first-order valence-corrected chi connectivity index (χ1v) is 9.78. The molecule has 8 nitrogen and oxygen atoms in total. The molecule has 4 amide bonds. The topological polar surface area (TPSA) is 98.8 Å². The Morgan fingerprint density at radius 1 is 1.11 bits per heavy atom. The molecule has 3 fully saturated rings. The Bertz CT molecular complexity index is 907. The van der Waals surface area contributed by atoms with Gasteiger partial charge >= 0.3 is 0 Å². The van der Waals surface area contributed by atoms with Gasteiger partial charge < -0.3 is 5.32 Å². The molecule has 146 valence electrons. The van der Waals surface area contributed by atoms with Crippen LogP contribution in [-0.4, -0.2) is 64.6 Å². The van der Waals surface area contributed by atoms with Gasteiger partial charge in [0.15, 0.2) is 0 Å². The summed E-state index contributed by atoms with van der Waals surface area (Å²) in [7, 11) is 0. The Labute approximate surface area is 162 Å². The van der Waals surface area contributed by atoms with Gasteiger partial charge in [0.2, 0.25) is 11.8 Å². The molecule has 28 heavy (non-hydrogen) atoms. The number of amides is 4. The number of rotatable bonds is 3. The maximum absolute atomic E-state index is 13.1. The number of imide groups is 2. The molecule has 0 aromatic heterocycles. The minimum Gasteiger partial charge on any atom is -0.310 e. The van der Waals surface area contributed by atoms with E-state index in [1.807, 2.05) is 6.07 Å². The molecule has 3 saturated heterocycles. The van der Waals surface area contributed by atoms with Crippen molar-refractivity contribution in [2.24, 2.45) is 0 Å². The van der Waals surface area contributed by atoms with Crippen LogP contribution < -0.4 is 10.6 Å². The average Bonchev–Trinajstić information content (AvgIpc) is 3.17. The van der Waals surface area contributed by atoms with Gasteiger partial charge in [-0.05, 0) is 37.4 Å². The van der Waals surface area contributed by atoms with Gasteiger partial charge in [-0.15, -0.1) is 0 Å². The number of carbonyl (C=O) groups excluding carboxylic acids is 4. The van der Waals surface area contributed by atoms with Gasteiger partial charge in [0, 0.05) is 31.6 Å². The van der Waals surface area contributed by atoms with Crippen LogP contribution in [0.3, 0.4) is 0 Å². The van der Waals surface area contributed by atoms with Gasteiger partial charge in [0.1, 0.15) is 6.04 Å². The van der Waals surface area contributed by atoms with E-state index in [4.69, 9.17) is 0 Å². The summed E-state index contributed by atoms with van der Waals surface area (Å²) in [6, 6.07) is 4.40. The predicted molar refractivity (Wildman–Crippen MR) is 98.4 cm³/mol. The summed E-state index contributed by atoms with van der Waals surface area (Å²) >= 11 is 0. The van der Waals surface area contributed by atoms with E-state index in [1.165, 1.54) is 6.42 Å². The van der Waals surface area contributed by atoms with Crippen molar-refractivity contribution >= 4 is 23.6 Å². The molecule has 0 bridgehead atoms. The molecule has 1 spiro atoms. The lowest BCUT2D eigenvalue weighted by Gasteiger charge is -2.40. The first-order chi connectivity index (χ1) is 13.5. The number of hydrogen-bond donors (Lipinski definition) is 2. The minimum atomic E-state index is -0.924. The molecular weight excluding hydrogens is 360 g/mol. The zero-order valence-corrected chi connectivity index (χ0v) is 15.5. The number of fused-ring (bicyclic) bond motifs is 1. The molecule has 0 aliphatic carbocycles. The predicted octanol–water partition coefficient (Wildman–Crippen LogP) is 0.0256. The highest BCUT2D eigenvalue weighted by Crippen LogP contribution is 2.34. The smallest absolute Gasteiger partial charge is 0.262 e. The van der Waals surface area contributed by atoms with Crippen LogP contribution in [0.2, 0.25) is 0 Å². The zero-order valence-electron chi connectivity index (χ0n) is 15.5. The summed E-state index contributed by atoms with van der Waals surface area (Å²) in [5.41, 5.74) is 1.79. The van der Waals surface area contributed by atoms with Crippen molar-refractivity contribution in [1.82, 2.24) is 20.4 Å². The van der Waals surface area contributed by atoms with Gasteiger partial charge in [0.25, 0.3) is 11.8 Å². The average molecular weight is 382 g/mol. The van der Waals surface area contributed by atoms with E-state index in [0.29, 0.717) is 17.7 Å². The third kappa shape index (κ3) is 2.59. The number of likely N-dealkylation sites (tertiary alicyclic amines) is 1. The Kier molecular flexibility index (Phi) is 3.89. The van der Waals surface area contributed by atoms with Gasteiger partial charge in [0.05, 0.1) is 11.1 Å². The van der Waals surface area contributed by atoms with Crippen LogP contribution in [0, 0.1) is 0 Å². The molecule has 0 radical (unpaired) electrons. The van der Waals surface area contributed by atoms with E-state index in [1.54, 1.807) is 12.1 Å². The Balaban J connectivity index is 1.40. The Morgan fingerprint density at radius 2 is 1.93 bits per heavy atom. The van der Waals surface area contributed by atoms with Crippen molar-refractivity contribution in [3.8, 4) is 0 Å². The molecule has 4 aliphatic rings. The standard InChI is InChI=1S/C20H22N4O4/c25-15-5-4-14(17(26)22-15)24-18(27)13-3-1-2-12(16(13)19(24)28)10-23-9-7-20(11-23)6-8-21-20/h1-3,14,21H,4-11H2,(H,22,25,26). The second-order valence-electron chi connectivity index (χ2n) is 8.20. The normalized spacial score (nSPS) is 30.0. The maximum Gasteiger partial charge on any atom is 0.262 e. The monoisotopic (exact) mass is 382 g/mol. The SMILES string of the molecule is O=C1CCC(N2C(=O)c3cccc(CN4CCC5(CCN5)C4)c3C2=O)C(=O)N1. The van der Waals surface area contributed by atoms with E-state index >= 15 is 0 Å². The summed E-state index contributed by atoms with van der Waals surface area (Å²) in [6.07, 6.45) is 2.57. The minimum absolute atomic E-state index is 0.125. The molecule has 1 aromatic carbocycles. The van der Waals surface area contributed by atoms with Crippen LogP contribution in [0.15, 0.2) is 18.2 Å². The van der Waals surface area contributed by atoms with E-state index in [9.17, 15) is 19.2 Å². The molecule has 4 heterocycles. The fourth-order valence-corrected chi connectivity index (χ4v) is 4.88. The first-order valence-electron chi connectivity index (χ1n) is 9.78. The van der Waals surface area contributed by atoms with Crippen molar-refractivity contribution < 1.29 is 19.2 Å². The molecule has 8 heteroatoms. The number of nitrogens with one attached hydrogen (secondary N) is 2. The van der Waals surface area contributed by atoms with E-state index < -0.39 is 23.8 Å². The van der Waals surface area contributed by atoms with Crippen LogP contribution >= 0.6 is 0 Å². The molecule has 4 aliphatic heterocycles. The number of hydrogen-bond acceptors (Lipinski definition) is 6. The van der Waals surface area contributed by atoms with Crippen molar-refractivity contribution in [2.45, 2.75) is 43.8 Å². The van der Waals surface area contributed by atoms with Crippen molar-refractivity contribution in [3.63, 3.8) is 0 Å². The fourth-order valence-electron chi connectivity index (χ4n) is 4.88. The van der Waals surface area contributed by atoms with E-state index in [-0.39, 0.29) is 24.3 Å². The third-order valence-corrected chi connectivity index (χ3v) is 6.48. The molecule has 2 N–H and O–H groups in total. The number of benzene rings is 1. The number of piperidine rings is 1. The van der Waals surface area contributed by atoms with Crippen LogP contribution in [-0.2, 0) is 16.1 Å². The Hall–Kier alpha value is -2.58. The van der Waals surface area contributed by atoms with E-state index in [2.05, 4.69) is 15.5 Å². The van der Waals surface area contributed by atoms with Gasteiger partial charge in [-0.1, -0.05) is 12.1 Å². The molecule has 2 unspecified atom stereocenters. The van der Waals surface area contributed by atoms with Gasteiger partial charge in [-0.25, -0.2) is 0 Å². The summed E-state index contributed by atoms with van der Waals surface area (Å²) in [4.78, 5) is 53.0. The molecule has 2 atom stereocenters. The van der Waals surface area contributed by atoms with Crippen LogP contribution in [0.25, 0.3) is 0 Å². The number of nitrogens with zero attached hydrogens (tertiary/aromatic N) is 2. The van der Waals surface area contributed by atoms with Crippen LogP contribution in [0.4, 0.5) is 0 Å². The van der Waals surface area contributed by atoms with Gasteiger partial charge in [-0.3, -0.25) is 34.3 Å². The fraction of sp³-hybridized carbons (Fsp3) is 0.500. The molecule has 1 aromatic rings. The lowest BCUT2D eigenvalue weighted by Crippen LogP contribution is -2.58. The second-order valence-corrected chi connectivity index (χ2v) is 8.20. The third-order valence-electron chi connectivity index (χ3n) is 6.48. The highest BCUT2D eigenvalue weighted by molar-refractivity contribution is 6.24. The summed E-state index contributed by atoms with van der Waals surface area (Å²) < 4.78 is 0. The quantitative estimate of drug-likeness (QED) is 0.716. The van der Waals surface area contributed by atoms with Crippen LogP contribution in [0.5, 0.6) is 0 Å². The zero-order chi connectivity index (χ0) is 19.5. The highest BCUT2D eigenvalue weighted by Gasteiger charge is 2.46. The Morgan fingerprint density at radius 3 is 2.61 bits per heavy atom. The number of carbonyl (C=O) groups is 4. The van der Waals surface area contributed by atoms with E-state index in [0.717, 1.165) is 36.5 Å². The van der Waals surface area contributed by atoms with Crippen molar-refractivity contribution in [1.29, 1.82) is 0 Å². The lowest BCUT2D eigenvalue weighted by molar-refractivity contribution is -0.136. The summed E-state index contributed by atoms with van der Waals surface area (Å²) in [5.74, 6) is -1.83. The second kappa shape index (κ2) is 6.22. The van der Waals surface area contributed by atoms with Crippen molar-refractivity contribution in [2.75, 3.05) is 19.6 Å². The molecule has 5 rings (SSSR count). The lowest BCUT2D eigenvalue weighted by atomic mass is 9.87. The van der Waals surface area contributed by atoms with Crippen LogP contribution in [0.1, 0.15) is 52.0 Å². The summed E-state index contributed by atoms with van der Waals surface area (Å²) in [6.45, 7) is 3.56. The summed E-state index contributed by atoms with van der Waals surface area (Å²) in [5, 5.41) is 5.75.